The van der Waals surface area contributed by atoms with Gasteiger partial charge in [-0.3, -0.25) is 4.57 Å². The number of benzene rings is 1. The highest BCUT2D eigenvalue weighted by Crippen LogP contribution is 2.25. The molecule has 0 spiro atoms. The summed E-state index contributed by atoms with van der Waals surface area (Å²) in [6, 6.07) is 8.59. The van der Waals surface area contributed by atoms with Crippen molar-refractivity contribution in [3.63, 3.8) is 0 Å². The minimum atomic E-state index is -0.220. The van der Waals surface area contributed by atoms with E-state index in [2.05, 4.69) is 51.6 Å². The molecule has 0 saturated carbocycles. The van der Waals surface area contributed by atoms with Crippen LogP contribution in [-0.2, 0) is 18.6 Å². The number of likely N-dealkylation sites (tertiary alicyclic amines) is 1. The minimum absolute atomic E-state index is 0.122. The molecule has 27 heavy (non-hydrogen) atoms. The van der Waals surface area contributed by atoms with Gasteiger partial charge in [0.2, 0.25) is 4.77 Å². The van der Waals surface area contributed by atoms with E-state index in [9.17, 15) is 5.11 Å². The molecule has 146 valence electrons. The highest BCUT2D eigenvalue weighted by molar-refractivity contribution is 7.71. The first kappa shape index (κ1) is 20.0. The fraction of sp³-hybridized carbons (Fsp3) is 0.524. The van der Waals surface area contributed by atoms with Crippen molar-refractivity contribution in [2.24, 2.45) is 0 Å². The number of aliphatic hydroxyl groups is 1. The summed E-state index contributed by atoms with van der Waals surface area (Å²) < 4.78 is 4.64. The molecule has 1 aromatic carbocycles. The Morgan fingerprint density at radius 2 is 2.04 bits per heavy atom. The summed E-state index contributed by atoms with van der Waals surface area (Å²) in [6.45, 7) is 13.6. The van der Waals surface area contributed by atoms with Crippen LogP contribution in [0.15, 0.2) is 36.9 Å². The Balaban J connectivity index is 1.92. The smallest absolute Gasteiger partial charge is 0.203 e. The molecule has 0 radical (unpaired) electrons. The molecule has 1 aliphatic heterocycles. The fourth-order valence-electron chi connectivity index (χ4n) is 3.65. The molecule has 1 aromatic heterocycles. The Bertz CT molecular complexity index is 845. The van der Waals surface area contributed by atoms with E-state index in [1.54, 1.807) is 0 Å². The first-order valence-corrected chi connectivity index (χ1v) is 10.1. The maximum Gasteiger partial charge on any atom is 0.203 e. The van der Waals surface area contributed by atoms with Gasteiger partial charge in [0.25, 0.3) is 0 Å². The number of hydrogen-bond acceptors (Lipinski definition) is 3. The summed E-state index contributed by atoms with van der Waals surface area (Å²) in [5, 5.41) is 14.8. The van der Waals surface area contributed by atoms with Gasteiger partial charge >= 0.3 is 0 Å². The molecule has 5 nitrogen and oxygen atoms in total. The van der Waals surface area contributed by atoms with E-state index in [0.29, 0.717) is 18.0 Å². The Morgan fingerprint density at radius 1 is 1.33 bits per heavy atom. The predicted octanol–water partition coefficient (Wildman–Crippen LogP) is 2.56. The number of allylic oxidation sites excluding steroid dienone is 1. The van der Waals surface area contributed by atoms with Crippen molar-refractivity contribution in [2.75, 3.05) is 13.1 Å². The average Bonchev–Trinajstić information content (AvgIpc) is 2.91. The molecule has 1 aliphatic rings. The van der Waals surface area contributed by atoms with Gasteiger partial charge in [-0.25, -0.2) is 0 Å². The molecular formula is C21H31N4OS+. The zero-order valence-corrected chi connectivity index (χ0v) is 17.4. The second kappa shape index (κ2) is 8.09. The zero-order chi connectivity index (χ0) is 19.6. The summed E-state index contributed by atoms with van der Waals surface area (Å²) in [5.74, 6) is 0.873. The normalized spacial score (nSPS) is 20.6. The first-order valence-electron chi connectivity index (χ1n) is 9.70. The Morgan fingerprint density at radius 3 is 2.63 bits per heavy atom. The summed E-state index contributed by atoms with van der Waals surface area (Å²) in [7, 11) is 0. The molecule has 2 N–H and O–H groups in total. The van der Waals surface area contributed by atoms with Crippen molar-refractivity contribution < 1.29 is 10.0 Å². The molecule has 0 aliphatic carbocycles. The molecular weight excluding hydrogens is 356 g/mol. The van der Waals surface area contributed by atoms with Gasteiger partial charge in [0.05, 0.1) is 6.54 Å². The molecule has 0 amide bonds. The van der Waals surface area contributed by atoms with Gasteiger partial charge in [0, 0.05) is 12.1 Å². The van der Waals surface area contributed by atoms with Crippen LogP contribution in [-0.4, -0.2) is 38.6 Å². The molecule has 0 bridgehead atoms. The second-order valence-corrected chi connectivity index (χ2v) is 8.86. The van der Waals surface area contributed by atoms with Gasteiger partial charge in [0.15, 0.2) is 12.5 Å². The van der Waals surface area contributed by atoms with E-state index < -0.39 is 0 Å². The van der Waals surface area contributed by atoms with Crippen molar-refractivity contribution in [2.45, 2.75) is 58.3 Å². The Hall–Kier alpha value is -1.76. The molecule has 2 aromatic rings. The van der Waals surface area contributed by atoms with Crippen LogP contribution in [0.1, 0.15) is 39.2 Å². The maximum atomic E-state index is 9.95. The molecule has 1 saturated heterocycles. The van der Waals surface area contributed by atoms with E-state index in [4.69, 9.17) is 17.3 Å². The molecule has 2 heterocycles. The van der Waals surface area contributed by atoms with Gasteiger partial charge < -0.3 is 10.0 Å². The van der Waals surface area contributed by atoms with Crippen molar-refractivity contribution >= 4 is 12.2 Å². The van der Waals surface area contributed by atoms with E-state index in [0.717, 1.165) is 37.3 Å². The third-order valence-electron chi connectivity index (χ3n) is 5.21. The van der Waals surface area contributed by atoms with Crippen molar-refractivity contribution in [3.8, 4) is 11.4 Å². The lowest BCUT2D eigenvalue weighted by molar-refractivity contribution is -0.931. The average molecular weight is 388 g/mol. The number of hydrogen-bond donors (Lipinski definition) is 2. The number of nitrogens with zero attached hydrogens (tertiary/aromatic N) is 3. The molecule has 3 rings (SSSR count). The summed E-state index contributed by atoms with van der Waals surface area (Å²) >= 11 is 5.70. The third kappa shape index (κ3) is 4.57. The quantitative estimate of drug-likeness (QED) is 0.612. The lowest BCUT2D eigenvalue weighted by Crippen LogP contribution is -3.13. The number of quaternary nitrogens is 1. The van der Waals surface area contributed by atoms with Crippen LogP contribution < -0.4 is 4.90 Å². The first-order chi connectivity index (χ1) is 12.8. The van der Waals surface area contributed by atoms with Gasteiger partial charge in [-0.1, -0.05) is 51.1 Å². The molecule has 1 unspecified atom stereocenters. The maximum absolute atomic E-state index is 9.95. The van der Waals surface area contributed by atoms with Crippen LogP contribution in [0.3, 0.4) is 0 Å². The predicted molar refractivity (Wildman–Crippen MR) is 111 cm³/mol. The second-order valence-electron chi connectivity index (χ2n) is 8.49. The largest absolute Gasteiger partial charge is 0.387 e. The molecule has 2 atom stereocenters. The van der Waals surface area contributed by atoms with E-state index in [1.165, 1.54) is 10.5 Å². The highest BCUT2D eigenvalue weighted by atomic mass is 32.1. The number of aromatic nitrogens is 3. The lowest BCUT2D eigenvalue weighted by Gasteiger charge is -2.26. The number of nitrogens with one attached hydrogen (secondary N) is 1. The van der Waals surface area contributed by atoms with Gasteiger partial charge in [-0.05, 0) is 36.0 Å². The summed E-state index contributed by atoms with van der Waals surface area (Å²) in [6.07, 6.45) is 3.57. The highest BCUT2D eigenvalue weighted by Gasteiger charge is 2.23. The fourth-order valence-corrected chi connectivity index (χ4v) is 3.92. The van der Waals surface area contributed by atoms with E-state index in [-0.39, 0.29) is 11.5 Å². The topological polar surface area (TPSA) is 47.4 Å². The van der Waals surface area contributed by atoms with Crippen LogP contribution in [0.2, 0.25) is 0 Å². The Labute approximate surface area is 166 Å². The van der Waals surface area contributed by atoms with Crippen LogP contribution in [0.4, 0.5) is 0 Å². The van der Waals surface area contributed by atoms with E-state index in [1.807, 2.05) is 15.3 Å². The standard InChI is InChI=1S/C21H30N4OS/c1-5-12-24-19(16-8-10-17(11-9-16)21(2,3)4)22-25(20(24)27)15-23-13-6-7-18(26)14-23/h5,8-11,18,26H,1,6-7,12-15H2,2-4H3/p+1/t18-/m0/s1. The van der Waals surface area contributed by atoms with E-state index >= 15 is 0 Å². The number of aliphatic hydroxyl groups excluding tert-OH is 1. The monoisotopic (exact) mass is 387 g/mol. The van der Waals surface area contributed by atoms with Gasteiger partial charge in [0.1, 0.15) is 12.6 Å². The van der Waals surface area contributed by atoms with Crippen LogP contribution in [0, 0.1) is 4.77 Å². The third-order valence-corrected chi connectivity index (χ3v) is 5.64. The zero-order valence-electron chi connectivity index (χ0n) is 16.6. The summed E-state index contributed by atoms with van der Waals surface area (Å²) in [5.41, 5.74) is 2.48. The number of rotatable bonds is 5. The van der Waals surface area contributed by atoms with Gasteiger partial charge in [-0.2, -0.15) is 4.68 Å². The lowest BCUT2D eigenvalue weighted by atomic mass is 9.87. The number of piperidine rings is 1. The van der Waals surface area contributed by atoms with Crippen molar-refractivity contribution in [1.29, 1.82) is 0 Å². The van der Waals surface area contributed by atoms with Crippen molar-refractivity contribution in [3.05, 3.63) is 47.3 Å². The van der Waals surface area contributed by atoms with Crippen LogP contribution >= 0.6 is 12.2 Å². The molecule has 6 heteroatoms. The van der Waals surface area contributed by atoms with Crippen LogP contribution in [0.25, 0.3) is 11.4 Å². The SMILES string of the molecule is C=CCn1c(-c2ccc(C(C)(C)C)cc2)nn(C[NH+]2CCC[C@H](O)C2)c1=S. The minimum Gasteiger partial charge on any atom is -0.387 e. The summed E-state index contributed by atoms with van der Waals surface area (Å²) in [4.78, 5) is 1.32. The van der Waals surface area contributed by atoms with Crippen LogP contribution in [0.5, 0.6) is 0 Å². The Kier molecular flexibility index (Phi) is 5.99. The van der Waals surface area contributed by atoms with Gasteiger partial charge in [-0.15, -0.1) is 11.7 Å². The molecule has 1 fully saturated rings. The van der Waals surface area contributed by atoms with Crippen molar-refractivity contribution in [1.82, 2.24) is 14.3 Å².